The quantitative estimate of drug-likeness (QED) is 0.533. The fourth-order valence-electron chi connectivity index (χ4n) is 3.44. The van der Waals surface area contributed by atoms with Crippen molar-refractivity contribution in [2.75, 3.05) is 23.7 Å². The van der Waals surface area contributed by atoms with E-state index in [-0.39, 0.29) is 18.9 Å². The maximum Gasteiger partial charge on any atom is 0.232 e. The summed E-state index contributed by atoms with van der Waals surface area (Å²) in [6.07, 6.45) is 3.74. The molecule has 0 aliphatic heterocycles. The van der Waals surface area contributed by atoms with Crippen molar-refractivity contribution in [2.45, 2.75) is 53.0 Å². The minimum absolute atomic E-state index is 0.0795. The Balaban J connectivity index is 1.93. The summed E-state index contributed by atoms with van der Waals surface area (Å²) in [5.74, 6) is 0.613. The summed E-state index contributed by atoms with van der Waals surface area (Å²) in [5.41, 5.74) is 4.19. The summed E-state index contributed by atoms with van der Waals surface area (Å²) in [4.78, 5) is 12.4. The number of hydrogen-bond acceptors (Lipinski definition) is 4. The molecule has 0 saturated heterocycles. The first kappa shape index (κ1) is 24.7. The van der Waals surface area contributed by atoms with Crippen LogP contribution in [0.4, 0.5) is 5.69 Å². The molecule has 0 spiro atoms. The average molecular weight is 447 g/mol. The molecule has 0 aromatic heterocycles. The molecule has 31 heavy (non-hydrogen) atoms. The van der Waals surface area contributed by atoms with Crippen LogP contribution in [-0.4, -0.2) is 33.7 Å². The van der Waals surface area contributed by atoms with Crippen LogP contribution in [0.1, 0.15) is 50.3 Å². The fourth-order valence-corrected chi connectivity index (χ4v) is 4.40. The largest absolute Gasteiger partial charge is 0.494 e. The summed E-state index contributed by atoms with van der Waals surface area (Å²) in [5, 5.41) is 2.98. The zero-order chi connectivity index (χ0) is 22.9. The lowest BCUT2D eigenvalue weighted by molar-refractivity contribution is -0.121. The molecule has 0 atom stereocenters. The number of anilines is 1. The SMILES string of the molecule is CCOc1ccc(N(CCCC(=O)NCc2cc(CC)ccc2CC)S(C)(=O)=O)cc1. The van der Waals surface area contributed by atoms with Gasteiger partial charge in [-0.1, -0.05) is 32.0 Å². The van der Waals surface area contributed by atoms with Crippen LogP contribution >= 0.6 is 0 Å². The number of aryl methyl sites for hydroxylation is 2. The summed E-state index contributed by atoms with van der Waals surface area (Å²) in [6.45, 7) is 7.39. The molecule has 2 aromatic rings. The maximum atomic E-state index is 12.4. The Morgan fingerprint density at radius 3 is 2.29 bits per heavy atom. The third-order valence-electron chi connectivity index (χ3n) is 5.14. The van der Waals surface area contributed by atoms with E-state index in [2.05, 4.69) is 37.4 Å². The second-order valence-electron chi connectivity index (χ2n) is 7.45. The Bertz CT molecular complexity index is 956. The van der Waals surface area contributed by atoms with Crippen molar-refractivity contribution in [2.24, 2.45) is 0 Å². The van der Waals surface area contributed by atoms with Crippen molar-refractivity contribution in [3.8, 4) is 5.75 Å². The van der Waals surface area contributed by atoms with Gasteiger partial charge in [-0.25, -0.2) is 8.42 Å². The monoisotopic (exact) mass is 446 g/mol. The Morgan fingerprint density at radius 1 is 1.00 bits per heavy atom. The number of rotatable bonds is 12. The van der Waals surface area contributed by atoms with Crippen LogP contribution in [0, 0.1) is 0 Å². The van der Waals surface area contributed by atoms with Gasteiger partial charge in [-0.15, -0.1) is 0 Å². The van der Waals surface area contributed by atoms with Gasteiger partial charge < -0.3 is 10.1 Å². The first-order chi connectivity index (χ1) is 14.8. The molecule has 0 fully saturated rings. The predicted molar refractivity (Wildman–Crippen MR) is 126 cm³/mol. The van der Waals surface area contributed by atoms with E-state index in [0.717, 1.165) is 18.4 Å². The molecule has 0 aliphatic rings. The van der Waals surface area contributed by atoms with E-state index in [0.29, 0.717) is 31.0 Å². The molecule has 0 unspecified atom stereocenters. The van der Waals surface area contributed by atoms with Gasteiger partial charge in [-0.05, 0) is 67.1 Å². The van der Waals surface area contributed by atoms with Gasteiger partial charge >= 0.3 is 0 Å². The van der Waals surface area contributed by atoms with E-state index >= 15 is 0 Å². The van der Waals surface area contributed by atoms with Gasteiger partial charge in [0.15, 0.2) is 0 Å². The molecule has 0 saturated carbocycles. The third kappa shape index (κ3) is 7.58. The van der Waals surface area contributed by atoms with Gasteiger partial charge in [0.05, 0.1) is 18.6 Å². The molecule has 2 aromatic carbocycles. The summed E-state index contributed by atoms with van der Waals surface area (Å²) >= 11 is 0. The highest BCUT2D eigenvalue weighted by molar-refractivity contribution is 7.92. The van der Waals surface area contributed by atoms with Crippen LogP contribution < -0.4 is 14.4 Å². The predicted octanol–water partition coefficient (Wildman–Crippen LogP) is 4.07. The van der Waals surface area contributed by atoms with E-state index in [9.17, 15) is 13.2 Å². The Labute approximate surface area is 186 Å². The van der Waals surface area contributed by atoms with Gasteiger partial charge in [0, 0.05) is 19.5 Å². The summed E-state index contributed by atoms with van der Waals surface area (Å²) < 4.78 is 31.2. The highest BCUT2D eigenvalue weighted by Crippen LogP contribution is 2.22. The number of nitrogens with one attached hydrogen (secondary N) is 1. The molecule has 6 nitrogen and oxygen atoms in total. The Morgan fingerprint density at radius 2 is 1.71 bits per heavy atom. The van der Waals surface area contributed by atoms with Crippen molar-refractivity contribution in [1.82, 2.24) is 5.32 Å². The third-order valence-corrected chi connectivity index (χ3v) is 6.33. The van der Waals surface area contributed by atoms with Crippen LogP contribution in [0.15, 0.2) is 42.5 Å². The van der Waals surface area contributed by atoms with Gasteiger partial charge in [-0.3, -0.25) is 9.10 Å². The fraction of sp³-hybridized carbons (Fsp3) is 0.458. The van der Waals surface area contributed by atoms with E-state index in [4.69, 9.17) is 4.74 Å². The van der Waals surface area contributed by atoms with Crippen LogP contribution in [-0.2, 0) is 34.2 Å². The average Bonchev–Trinajstić information content (AvgIpc) is 2.75. The van der Waals surface area contributed by atoms with E-state index in [1.807, 2.05) is 6.92 Å². The number of benzene rings is 2. The van der Waals surface area contributed by atoms with E-state index < -0.39 is 10.0 Å². The Hall–Kier alpha value is -2.54. The summed E-state index contributed by atoms with van der Waals surface area (Å²) in [6, 6.07) is 13.3. The number of carbonyl (C=O) groups is 1. The lowest BCUT2D eigenvalue weighted by Crippen LogP contribution is -2.32. The lowest BCUT2D eigenvalue weighted by Gasteiger charge is -2.22. The second-order valence-corrected chi connectivity index (χ2v) is 9.36. The second kappa shape index (κ2) is 11.7. The molecule has 1 N–H and O–H groups in total. The first-order valence-corrected chi connectivity index (χ1v) is 12.7. The Kier molecular flexibility index (Phi) is 9.37. The standard InChI is InChI=1S/C24H34N2O4S/c1-5-19-10-11-20(6-2)21(17-19)18-25-24(27)9-8-16-26(31(4,28)29)22-12-14-23(15-13-22)30-7-3/h10-15,17H,5-9,16,18H2,1-4H3,(H,25,27). The molecule has 170 valence electrons. The molecule has 0 radical (unpaired) electrons. The van der Waals surface area contributed by atoms with Crippen molar-refractivity contribution in [3.63, 3.8) is 0 Å². The number of hydrogen-bond donors (Lipinski definition) is 1. The number of amides is 1. The molecular weight excluding hydrogens is 412 g/mol. The van der Waals surface area contributed by atoms with Crippen LogP contribution in [0.2, 0.25) is 0 Å². The van der Waals surface area contributed by atoms with E-state index in [1.54, 1.807) is 24.3 Å². The van der Waals surface area contributed by atoms with Gasteiger partial charge in [0.2, 0.25) is 15.9 Å². The van der Waals surface area contributed by atoms with Gasteiger partial charge in [-0.2, -0.15) is 0 Å². The molecule has 7 heteroatoms. The topological polar surface area (TPSA) is 75.7 Å². The first-order valence-electron chi connectivity index (χ1n) is 10.9. The highest BCUT2D eigenvalue weighted by atomic mass is 32.2. The number of carbonyl (C=O) groups excluding carboxylic acids is 1. The molecule has 2 rings (SSSR count). The number of nitrogens with zero attached hydrogens (tertiary/aromatic N) is 1. The van der Waals surface area contributed by atoms with Crippen LogP contribution in [0.25, 0.3) is 0 Å². The van der Waals surface area contributed by atoms with Crippen molar-refractivity contribution in [3.05, 3.63) is 59.2 Å². The van der Waals surface area contributed by atoms with Crippen molar-refractivity contribution < 1.29 is 17.9 Å². The van der Waals surface area contributed by atoms with Crippen molar-refractivity contribution >= 4 is 21.6 Å². The smallest absolute Gasteiger partial charge is 0.232 e. The highest BCUT2D eigenvalue weighted by Gasteiger charge is 2.17. The van der Waals surface area contributed by atoms with Gasteiger partial charge in [0.1, 0.15) is 5.75 Å². The maximum absolute atomic E-state index is 12.4. The zero-order valence-electron chi connectivity index (χ0n) is 19.0. The van der Waals surface area contributed by atoms with Crippen LogP contribution in [0.3, 0.4) is 0 Å². The van der Waals surface area contributed by atoms with Crippen molar-refractivity contribution in [1.29, 1.82) is 0 Å². The zero-order valence-corrected chi connectivity index (χ0v) is 19.8. The van der Waals surface area contributed by atoms with Crippen LogP contribution in [0.5, 0.6) is 5.75 Å². The number of sulfonamides is 1. The molecule has 0 heterocycles. The van der Waals surface area contributed by atoms with Gasteiger partial charge in [0.25, 0.3) is 0 Å². The summed E-state index contributed by atoms with van der Waals surface area (Å²) in [7, 11) is -3.45. The number of ether oxygens (including phenoxy) is 1. The minimum atomic E-state index is -3.45. The minimum Gasteiger partial charge on any atom is -0.494 e. The molecule has 1 amide bonds. The lowest BCUT2D eigenvalue weighted by atomic mass is 10.0. The molecular formula is C24H34N2O4S. The normalized spacial score (nSPS) is 11.2. The van der Waals surface area contributed by atoms with E-state index in [1.165, 1.54) is 21.7 Å². The molecule has 0 bridgehead atoms. The molecule has 0 aliphatic carbocycles.